The highest BCUT2D eigenvalue weighted by molar-refractivity contribution is 4.65. The van der Waals surface area contributed by atoms with Gasteiger partial charge in [-0.2, -0.15) is 0 Å². The molecule has 1 aliphatic heterocycles. The minimum atomic E-state index is 0.440. The summed E-state index contributed by atoms with van der Waals surface area (Å²) in [6.07, 6.45) is 4.19. The topological polar surface area (TPSA) is 47.3 Å². The second-order valence-corrected chi connectivity index (χ2v) is 2.98. The highest BCUT2D eigenvalue weighted by atomic mass is 16.5. The summed E-state index contributed by atoms with van der Waals surface area (Å²) in [7, 11) is 0. The Morgan fingerprint density at radius 1 is 1.45 bits per heavy atom. The third-order valence-electron chi connectivity index (χ3n) is 1.97. The average Bonchev–Trinajstić information content (AvgIpc) is 2.07. The molecular formula is C8H18N2O. The summed E-state index contributed by atoms with van der Waals surface area (Å²) < 4.78 is 5.52. The van der Waals surface area contributed by atoms with Gasteiger partial charge in [0.1, 0.15) is 0 Å². The third kappa shape index (κ3) is 3.70. The standard InChI is InChI=1S/C8H18N2O/c9-4-5-10-7-8-3-1-2-6-11-8/h8,10H,1-7,9H2. The summed E-state index contributed by atoms with van der Waals surface area (Å²) in [4.78, 5) is 0. The van der Waals surface area contributed by atoms with Crippen molar-refractivity contribution in [2.45, 2.75) is 25.4 Å². The van der Waals surface area contributed by atoms with Crippen LogP contribution in [0.25, 0.3) is 0 Å². The average molecular weight is 158 g/mol. The zero-order valence-corrected chi connectivity index (χ0v) is 7.01. The molecule has 0 aromatic heterocycles. The van der Waals surface area contributed by atoms with Gasteiger partial charge in [-0.05, 0) is 19.3 Å². The molecule has 0 spiro atoms. The van der Waals surface area contributed by atoms with E-state index in [1.165, 1.54) is 19.3 Å². The third-order valence-corrected chi connectivity index (χ3v) is 1.97. The second kappa shape index (κ2) is 5.52. The van der Waals surface area contributed by atoms with Gasteiger partial charge in [0.05, 0.1) is 6.10 Å². The van der Waals surface area contributed by atoms with Gasteiger partial charge in [0.25, 0.3) is 0 Å². The van der Waals surface area contributed by atoms with Crippen molar-refractivity contribution in [1.82, 2.24) is 5.32 Å². The van der Waals surface area contributed by atoms with Gasteiger partial charge < -0.3 is 15.8 Å². The molecule has 3 nitrogen and oxygen atoms in total. The molecule has 1 aliphatic rings. The van der Waals surface area contributed by atoms with Crippen LogP contribution in [0.4, 0.5) is 0 Å². The number of ether oxygens (including phenoxy) is 1. The molecular weight excluding hydrogens is 140 g/mol. The fourth-order valence-corrected chi connectivity index (χ4v) is 1.33. The smallest absolute Gasteiger partial charge is 0.0699 e. The lowest BCUT2D eigenvalue weighted by Crippen LogP contribution is -2.34. The Bertz CT molecular complexity index is 92.1. The maximum Gasteiger partial charge on any atom is 0.0699 e. The zero-order valence-electron chi connectivity index (χ0n) is 7.01. The first-order chi connectivity index (χ1) is 5.43. The molecule has 1 atom stereocenters. The Morgan fingerprint density at radius 3 is 3.00 bits per heavy atom. The quantitative estimate of drug-likeness (QED) is 0.571. The molecule has 1 unspecified atom stereocenters. The van der Waals surface area contributed by atoms with Gasteiger partial charge in [0.15, 0.2) is 0 Å². The number of hydrogen-bond donors (Lipinski definition) is 2. The van der Waals surface area contributed by atoms with Crippen LogP contribution in [0, 0.1) is 0 Å². The van der Waals surface area contributed by atoms with Crippen LogP contribution in [0.1, 0.15) is 19.3 Å². The highest BCUT2D eigenvalue weighted by Gasteiger charge is 2.12. The summed E-state index contributed by atoms with van der Waals surface area (Å²) in [6, 6.07) is 0. The van der Waals surface area contributed by atoms with Crippen molar-refractivity contribution < 1.29 is 4.74 Å². The van der Waals surface area contributed by atoms with Crippen LogP contribution < -0.4 is 11.1 Å². The molecule has 0 aliphatic carbocycles. The van der Waals surface area contributed by atoms with Crippen LogP contribution in [0.2, 0.25) is 0 Å². The molecule has 0 aromatic rings. The maximum absolute atomic E-state index is 5.52. The fraction of sp³-hybridized carbons (Fsp3) is 1.00. The van der Waals surface area contributed by atoms with Crippen molar-refractivity contribution in [1.29, 1.82) is 0 Å². The van der Waals surface area contributed by atoms with E-state index in [9.17, 15) is 0 Å². The van der Waals surface area contributed by atoms with Crippen molar-refractivity contribution in [3.63, 3.8) is 0 Å². The second-order valence-electron chi connectivity index (χ2n) is 2.98. The number of hydrogen-bond acceptors (Lipinski definition) is 3. The first-order valence-corrected chi connectivity index (χ1v) is 4.46. The molecule has 0 radical (unpaired) electrons. The van der Waals surface area contributed by atoms with E-state index in [-0.39, 0.29) is 0 Å². The van der Waals surface area contributed by atoms with Crippen molar-refractivity contribution in [3.05, 3.63) is 0 Å². The number of rotatable bonds is 4. The van der Waals surface area contributed by atoms with E-state index in [4.69, 9.17) is 10.5 Å². The molecule has 0 bridgehead atoms. The van der Waals surface area contributed by atoms with Crippen LogP contribution in [-0.2, 0) is 4.74 Å². The van der Waals surface area contributed by atoms with Crippen LogP contribution >= 0.6 is 0 Å². The van der Waals surface area contributed by atoms with Gasteiger partial charge in [-0.3, -0.25) is 0 Å². The molecule has 11 heavy (non-hydrogen) atoms. The Labute approximate surface area is 68.3 Å². The van der Waals surface area contributed by atoms with Gasteiger partial charge in [-0.25, -0.2) is 0 Å². The summed E-state index contributed by atoms with van der Waals surface area (Å²) in [5, 5.41) is 3.25. The lowest BCUT2D eigenvalue weighted by molar-refractivity contribution is 0.0172. The van der Waals surface area contributed by atoms with Crippen LogP contribution in [0.5, 0.6) is 0 Å². The molecule has 1 heterocycles. The molecule has 0 saturated carbocycles. The fourth-order valence-electron chi connectivity index (χ4n) is 1.33. The normalized spacial score (nSPS) is 25.4. The van der Waals surface area contributed by atoms with Crippen LogP contribution in [-0.4, -0.2) is 32.3 Å². The molecule has 3 N–H and O–H groups in total. The van der Waals surface area contributed by atoms with Gasteiger partial charge in [0.2, 0.25) is 0 Å². The summed E-state index contributed by atoms with van der Waals surface area (Å²) >= 11 is 0. The van der Waals surface area contributed by atoms with E-state index in [2.05, 4.69) is 5.32 Å². The van der Waals surface area contributed by atoms with Crippen molar-refractivity contribution in [3.8, 4) is 0 Å². The van der Waals surface area contributed by atoms with Crippen molar-refractivity contribution in [2.75, 3.05) is 26.2 Å². The molecule has 66 valence electrons. The Hall–Kier alpha value is -0.120. The lowest BCUT2D eigenvalue weighted by Gasteiger charge is -2.22. The van der Waals surface area contributed by atoms with Crippen LogP contribution in [0.15, 0.2) is 0 Å². The Morgan fingerprint density at radius 2 is 2.36 bits per heavy atom. The predicted molar refractivity (Wildman–Crippen MR) is 45.5 cm³/mol. The van der Waals surface area contributed by atoms with E-state index in [1.807, 2.05) is 0 Å². The van der Waals surface area contributed by atoms with Gasteiger partial charge in [0, 0.05) is 26.2 Å². The molecule has 1 fully saturated rings. The predicted octanol–water partition coefficient (Wildman–Crippen LogP) is 0.104. The Kier molecular flexibility index (Phi) is 4.50. The molecule has 0 aromatic carbocycles. The van der Waals surface area contributed by atoms with Crippen LogP contribution in [0.3, 0.4) is 0 Å². The van der Waals surface area contributed by atoms with E-state index in [1.54, 1.807) is 0 Å². The van der Waals surface area contributed by atoms with E-state index < -0.39 is 0 Å². The highest BCUT2D eigenvalue weighted by Crippen LogP contribution is 2.11. The Balaban J connectivity index is 1.96. The molecule has 3 heteroatoms. The molecule has 0 amide bonds. The lowest BCUT2D eigenvalue weighted by atomic mass is 10.1. The van der Waals surface area contributed by atoms with Crippen molar-refractivity contribution in [2.24, 2.45) is 5.73 Å². The number of nitrogens with two attached hydrogens (primary N) is 1. The van der Waals surface area contributed by atoms with Gasteiger partial charge in [-0.1, -0.05) is 0 Å². The molecule has 1 rings (SSSR count). The van der Waals surface area contributed by atoms with Crippen molar-refractivity contribution >= 4 is 0 Å². The van der Waals surface area contributed by atoms with Gasteiger partial charge in [-0.15, -0.1) is 0 Å². The maximum atomic E-state index is 5.52. The first kappa shape index (κ1) is 8.97. The summed E-state index contributed by atoms with van der Waals surface area (Å²) in [6.45, 7) is 3.53. The first-order valence-electron chi connectivity index (χ1n) is 4.46. The summed E-state index contributed by atoms with van der Waals surface area (Å²) in [5.74, 6) is 0. The van der Waals surface area contributed by atoms with Gasteiger partial charge >= 0.3 is 0 Å². The van der Waals surface area contributed by atoms with E-state index >= 15 is 0 Å². The number of nitrogens with one attached hydrogen (secondary N) is 1. The molecule has 1 saturated heterocycles. The monoisotopic (exact) mass is 158 g/mol. The summed E-state index contributed by atoms with van der Waals surface area (Å²) in [5.41, 5.74) is 5.34. The van der Waals surface area contributed by atoms with E-state index in [0.29, 0.717) is 12.6 Å². The van der Waals surface area contributed by atoms with E-state index in [0.717, 1.165) is 19.7 Å². The minimum Gasteiger partial charge on any atom is -0.377 e. The zero-order chi connectivity index (χ0) is 7.94. The minimum absolute atomic E-state index is 0.440. The SMILES string of the molecule is NCCNCC1CCCCO1. The largest absolute Gasteiger partial charge is 0.377 e.